The normalized spacial score (nSPS) is 13.5. The van der Waals surface area contributed by atoms with E-state index in [9.17, 15) is 19.5 Å². The highest BCUT2D eigenvalue weighted by Gasteiger charge is 2.20. The van der Waals surface area contributed by atoms with Gasteiger partial charge >= 0.3 is 12.0 Å². The lowest BCUT2D eigenvalue weighted by Gasteiger charge is -2.23. The quantitative estimate of drug-likeness (QED) is 0.322. The van der Waals surface area contributed by atoms with Crippen LogP contribution in [-0.2, 0) is 9.59 Å². The van der Waals surface area contributed by atoms with Gasteiger partial charge in [-0.2, -0.15) is 0 Å². The minimum atomic E-state index is -1.00. The predicted octanol–water partition coefficient (Wildman–Crippen LogP) is 3.07. The van der Waals surface area contributed by atoms with Gasteiger partial charge in [0, 0.05) is 35.4 Å². The van der Waals surface area contributed by atoms with Crippen molar-refractivity contribution in [3.63, 3.8) is 0 Å². The van der Waals surface area contributed by atoms with Crippen LogP contribution in [0.25, 0.3) is 0 Å². The third-order valence-electron chi connectivity index (χ3n) is 4.44. The van der Waals surface area contributed by atoms with Gasteiger partial charge in [-0.1, -0.05) is 25.1 Å². The summed E-state index contributed by atoms with van der Waals surface area (Å²) in [5.41, 5.74) is 1.78. The molecular weight excluding hydrogens is 400 g/mol. The van der Waals surface area contributed by atoms with E-state index in [2.05, 4.69) is 21.3 Å². The van der Waals surface area contributed by atoms with E-state index in [-0.39, 0.29) is 24.8 Å². The number of carboxylic acid groups (broad SMARTS) is 1. The monoisotopic (exact) mass is 428 g/mol. The molecule has 31 heavy (non-hydrogen) atoms. The van der Waals surface area contributed by atoms with Crippen molar-refractivity contribution in [3.8, 4) is 0 Å². The molecule has 6 N–H and O–H groups in total. The Morgan fingerprint density at radius 1 is 0.806 bits per heavy atom. The maximum absolute atomic E-state index is 12.2. The molecule has 0 aliphatic carbocycles. The molecule has 0 aliphatic rings. The van der Waals surface area contributed by atoms with Crippen molar-refractivity contribution in [1.82, 2.24) is 5.32 Å². The Balaban J connectivity index is 1.79. The molecule has 3 atom stereocenters. The molecule has 166 valence electrons. The van der Waals surface area contributed by atoms with Crippen molar-refractivity contribution < 1.29 is 24.6 Å². The van der Waals surface area contributed by atoms with E-state index in [1.54, 1.807) is 50.2 Å². The fraction of sp³-hybridized carbons (Fsp3) is 0.318. The fourth-order valence-corrected chi connectivity index (χ4v) is 2.84. The summed E-state index contributed by atoms with van der Waals surface area (Å²) in [5, 5.41) is 29.8. The van der Waals surface area contributed by atoms with E-state index in [1.165, 1.54) is 0 Å². The molecule has 2 aromatic carbocycles. The highest BCUT2D eigenvalue weighted by molar-refractivity contribution is 6.00. The Hall–Kier alpha value is -3.43. The molecule has 0 aromatic heterocycles. The van der Waals surface area contributed by atoms with E-state index in [4.69, 9.17) is 5.11 Å². The lowest BCUT2D eigenvalue weighted by Crippen LogP contribution is -2.42. The van der Waals surface area contributed by atoms with Gasteiger partial charge in [0.15, 0.2) is 0 Å². The number of hydrogen-bond acceptors (Lipinski definition) is 5. The largest absolute Gasteiger partial charge is 0.481 e. The summed E-state index contributed by atoms with van der Waals surface area (Å²) < 4.78 is 0. The molecular formula is C22H28N4O5. The lowest BCUT2D eigenvalue weighted by molar-refractivity contribution is -0.137. The molecule has 3 amide bonds. The Bertz CT molecular complexity index is 873. The second kappa shape index (κ2) is 11.7. The van der Waals surface area contributed by atoms with Crippen LogP contribution in [0.4, 0.5) is 21.9 Å². The van der Waals surface area contributed by atoms with Crippen molar-refractivity contribution in [1.29, 1.82) is 0 Å². The number of aliphatic hydroxyl groups is 1. The summed E-state index contributed by atoms with van der Waals surface area (Å²) in [7, 11) is 0. The van der Waals surface area contributed by atoms with Crippen LogP contribution in [0.2, 0.25) is 0 Å². The van der Waals surface area contributed by atoms with Gasteiger partial charge < -0.3 is 26.2 Å². The van der Waals surface area contributed by atoms with E-state index >= 15 is 0 Å². The summed E-state index contributed by atoms with van der Waals surface area (Å²) in [6.45, 7) is 3.35. The predicted molar refractivity (Wildman–Crippen MR) is 119 cm³/mol. The number of amides is 3. The minimum absolute atomic E-state index is 0.0490. The van der Waals surface area contributed by atoms with Crippen LogP contribution in [0.15, 0.2) is 54.6 Å². The molecule has 9 heteroatoms. The summed E-state index contributed by atoms with van der Waals surface area (Å²) >= 11 is 0. The zero-order chi connectivity index (χ0) is 22.8. The van der Waals surface area contributed by atoms with E-state index < -0.39 is 24.2 Å². The number of rotatable bonds is 10. The zero-order valence-corrected chi connectivity index (χ0v) is 17.5. The van der Waals surface area contributed by atoms with Crippen LogP contribution in [0.1, 0.15) is 26.7 Å². The molecule has 0 spiro atoms. The molecule has 0 saturated heterocycles. The molecule has 0 aliphatic heterocycles. The van der Waals surface area contributed by atoms with Gasteiger partial charge in [0.1, 0.15) is 6.23 Å². The van der Waals surface area contributed by atoms with Crippen LogP contribution >= 0.6 is 0 Å². The number of para-hydroxylation sites is 1. The highest BCUT2D eigenvalue weighted by atomic mass is 16.4. The van der Waals surface area contributed by atoms with Gasteiger partial charge in [-0.3, -0.25) is 14.9 Å². The SMILES string of the molecule is CC(CC(=O)Nc1ccc(NC(=O)Nc2ccccc2)cc1)C(O)N[C@H](C)CC(=O)O. The summed E-state index contributed by atoms with van der Waals surface area (Å²) in [6.07, 6.45) is -1.08. The number of anilines is 3. The summed E-state index contributed by atoms with van der Waals surface area (Å²) in [4.78, 5) is 34.9. The first kappa shape index (κ1) is 23.8. The van der Waals surface area contributed by atoms with Crippen molar-refractivity contribution >= 4 is 35.0 Å². The molecule has 9 nitrogen and oxygen atoms in total. The van der Waals surface area contributed by atoms with E-state index in [1.807, 2.05) is 18.2 Å². The highest BCUT2D eigenvalue weighted by Crippen LogP contribution is 2.16. The van der Waals surface area contributed by atoms with Gasteiger partial charge in [-0.25, -0.2) is 4.79 Å². The van der Waals surface area contributed by atoms with E-state index in [0.29, 0.717) is 17.1 Å². The van der Waals surface area contributed by atoms with Crippen molar-refractivity contribution in [2.45, 2.75) is 39.0 Å². The number of benzene rings is 2. The molecule has 0 radical (unpaired) electrons. The topological polar surface area (TPSA) is 140 Å². The smallest absolute Gasteiger partial charge is 0.323 e. The Labute approximate surface area is 180 Å². The second-order valence-electron chi connectivity index (χ2n) is 7.36. The van der Waals surface area contributed by atoms with E-state index in [0.717, 1.165) is 0 Å². The molecule has 0 fully saturated rings. The van der Waals surface area contributed by atoms with Gasteiger partial charge in [0.25, 0.3) is 0 Å². The standard InChI is InChI=1S/C22H28N4O5/c1-14(21(30)23-15(2)13-20(28)29)12-19(27)24-17-8-10-18(11-9-17)26-22(31)25-16-6-4-3-5-7-16/h3-11,14-15,21,23,30H,12-13H2,1-2H3,(H,24,27)(H,28,29)(H2,25,26,31)/t14?,15-,21?/m1/s1. The lowest BCUT2D eigenvalue weighted by atomic mass is 10.0. The third-order valence-corrected chi connectivity index (χ3v) is 4.44. The molecule has 0 saturated carbocycles. The van der Waals surface area contributed by atoms with Gasteiger partial charge in [0.05, 0.1) is 6.42 Å². The number of hydrogen-bond donors (Lipinski definition) is 6. The van der Waals surface area contributed by atoms with Gasteiger partial charge in [-0.05, 0) is 43.3 Å². The molecule has 2 aromatic rings. The van der Waals surface area contributed by atoms with Crippen LogP contribution in [-0.4, -0.2) is 40.4 Å². The molecule has 2 rings (SSSR count). The Morgan fingerprint density at radius 3 is 1.87 bits per heavy atom. The summed E-state index contributed by atoms with van der Waals surface area (Å²) in [6, 6.07) is 14.9. The maximum atomic E-state index is 12.2. The number of carboxylic acids is 1. The molecule has 0 heterocycles. The first-order valence-corrected chi connectivity index (χ1v) is 9.92. The first-order valence-electron chi connectivity index (χ1n) is 9.92. The van der Waals surface area contributed by atoms with Crippen LogP contribution in [0.3, 0.4) is 0 Å². The number of aliphatic carboxylic acids is 1. The maximum Gasteiger partial charge on any atom is 0.323 e. The number of carbonyl (C=O) groups excluding carboxylic acids is 2. The number of carbonyl (C=O) groups is 3. The Kier molecular flexibility index (Phi) is 8.98. The zero-order valence-electron chi connectivity index (χ0n) is 17.5. The van der Waals surface area contributed by atoms with Crippen molar-refractivity contribution in [2.75, 3.05) is 16.0 Å². The first-order chi connectivity index (χ1) is 14.7. The number of aliphatic hydroxyl groups excluding tert-OH is 1. The number of urea groups is 1. The van der Waals surface area contributed by atoms with Crippen molar-refractivity contribution in [2.24, 2.45) is 5.92 Å². The average molecular weight is 428 g/mol. The molecule has 2 unspecified atom stereocenters. The molecule has 0 bridgehead atoms. The minimum Gasteiger partial charge on any atom is -0.481 e. The Morgan fingerprint density at radius 2 is 1.32 bits per heavy atom. The summed E-state index contributed by atoms with van der Waals surface area (Å²) in [5.74, 6) is -1.67. The van der Waals surface area contributed by atoms with Crippen LogP contribution in [0.5, 0.6) is 0 Å². The average Bonchev–Trinajstić information content (AvgIpc) is 2.69. The third kappa shape index (κ3) is 8.85. The van der Waals surface area contributed by atoms with Crippen LogP contribution < -0.4 is 21.3 Å². The van der Waals surface area contributed by atoms with Crippen molar-refractivity contribution in [3.05, 3.63) is 54.6 Å². The van der Waals surface area contributed by atoms with Gasteiger partial charge in [-0.15, -0.1) is 0 Å². The second-order valence-corrected chi connectivity index (χ2v) is 7.36. The van der Waals surface area contributed by atoms with Gasteiger partial charge in [0.2, 0.25) is 5.91 Å². The number of nitrogens with one attached hydrogen (secondary N) is 4. The van der Waals surface area contributed by atoms with Crippen LogP contribution in [0, 0.1) is 5.92 Å². The fourth-order valence-electron chi connectivity index (χ4n) is 2.84.